The number of amides is 3. The van der Waals surface area contributed by atoms with Gasteiger partial charge in [-0.05, 0) is 25.0 Å². The second kappa shape index (κ2) is 6.25. The molecule has 1 aromatic rings. The average Bonchev–Trinajstić information content (AvgIpc) is 2.94. The van der Waals surface area contributed by atoms with Gasteiger partial charge >= 0.3 is 12.0 Å². The minimum atomic E-state index is -1.12. The number of para-hydroxylation sites is 1. The molecule has 112 valence electrons. The van der Waals surface area contributed by atoms with Gasteiger partial charge in [-0.3, -0.25) is 14.5 Å². The maximum atomic E-state index is 12.6. The lowest BCUT2D eigenvalue weighted by atomic mass is 10.2. The van der Waals surface area contributed by atoms with E-state index in [2.05, 4.69) is 0 Å². The maximum absolute atomic E-state index is 12.6. The molecule has 3 amide bonds. The van der Waals surface area contributed by atoms with Crippen molar-refractivity contribution < 1.29 is 19.5 Å². The molecule has 1 saturated heterocycles. The van der Waals surface area contributed by atoms with Crippen LogP contribution >= 0.6 is 0 Å². The summed E-state index contributed by atoms with van der Waals surface area (Å²) in [7, 11) is 0. The van der Waals surface area contributed by atoms with Gasteiger partial charge in [-0.15, -0.1) is 0 Å². The third kappa shape index (κ3) is 3.31. The molecule has 1 aromatic carbocycles. The van der Waals surface area contributed by atoms with Crippen molar-refractivity contribution in [1.82, 2.24) is 4.90 Å². The first kappa shape index (κ1) is 14.8. The third-order valence-electron chi connectivity index (χ3n) is 3.42. The molecule has 0 aliphatic carbocycles. The lowest BCUT2D eigenvalue weighted by Gasteiger charge is -2.29. The van der Waals surface area contributed by atoms with E-state index in [0.717, 1.165) is 4.90 Å². The van der Waals surface area contributed by atoms with E-state index in [1.54, 1.807) is 30.3 Å². The number of carbonyl (C=O) groups is 3. The fourth-order valence-corrected chi connectivity index (χ4v) is 2.46. The predicted octanol–water partition coefficient (Wildman–Crippen LogP) is 0.647. The first-order valence-corrected chi connectivity index (χ1v) is 6.65. The number of carbonyl (C=O) groups excluding carboxylic acids is 2. The second-order valence-electron chi connectivity index (χ2n) is 4.85. The van der Waals surface area contributed by atoms with Crippen LogP contribution in [0.15, 0.2) is 30.3 Å². The molecule has 0 radical (unpaired) electrons. The molecule has 0 saturated carbocycles. The molecular formula is C14H17N3O4. The Morgan fingerprint density at radius 3 is 2.52 bits per heavy atom. The Morgan fingerprint density at radius 2 is 1.95 bits per heavy atom. The maximum Gasteiger partial charge on any atom is 0.325 e. The summed E-state index contributed by atoms with van der Waals surface area (Å²) in [4.78, 5) is 37.5. The van der Waals surface area contributed by atoms with E-state index in [1.165, 1.54) is 4.90 Å². The van der Waals surface area contributed by atoms with Crippen molar-refractivity contribution in [3.05, 3.63) is 30.3 Å². The summed E-state index contributed by atoms with van der Waals surface area (Å²) in [5.41, 5.74) is 5.77. The Morgan fingerprint density at radius 1 is 1.29 bits per heavy atom. The lowest BCUT2D eigenvalue weighted by Crippen LogP contribution is -2.51. The van der Waals surface area contributed by atoms with E-state index >= 15 is 0 Å². The number of aliphatic carboxylic acids is 1. The van der Waals surface area contributed by atoms with Gasteiger partial charge in [0.05, 0.1) is 0 Å². The monoisotopic (exact) mass is 291 g/mol. The van der Waals surface area contributed by atoms with Crippen LogP contribution in [-0.2, 0) is 9.59 Å². The van der Waals surface area contributed by atoms with Gasteiger partial charge in [0.2, 0.25) is 5.91 Å². The van der Waals surface area contributed by atoms with E-state index in [0.29, 0.717) is 25.1 Å². The number of hydrogen-bond acceptors (Lipinski definition) is 3. The molecule has 1 fully saturated rings. The summed E-state index contributed by atoms with van der Waals surface area (Å²) in [5, 5.41) is 9.01. The smallest absolute Gasteiger partial charge is 0.325 e. The number of carboxylic acid groups (broad SMARTS) is 1. The number of urea groups is 1. The van der Waals surface area contributed by atoms with Crippen molar-refractivity contribution in [2.24, 2.45) is 5.73 Å². The highest BCUT2D eigenvalue weighted by atomic mass is 16.4. The Hall–Kier alpha value is -2.57. The number of nitrogens with two attached hydrogens (primary N) is 1. The van der Waals surface area contributed by atoms with E-state index in [1.807, 2.05) is 0 Å². The minimum absolute atomic E-state index is 0.398. The molecule has 1 aliphatic heterocycles. The molecular weight excluding hydrogens is 274 g/mol. The van der Waals surface area contributed by atoms with Crippen molar-refractivity contribution >= 4 is 23.6 Å². The van der Waals surface area contributed by atoms with E-state index in [4.69, 9.17) is 10.8 Å². The van der Waals surface area contributed by atoms with Crippen LogP contribution in [0.2, 0.25) is 0 Å². The third-order valence-corrected chi connectivity index (χ3v) is 3.42. The SMILES string of the molecule is NC(=O)C1CCCN1C(=O)N(CC(=O)O)c1ccccc1. The highest BCUT2D eigenvalue weighted by Crippen LogP contribution is 2.22. The van der Waals surface area contributed by atoms with Crippen LogP contribution in [0, 0.1) is 0 Å². The zero-order chi connectivity index (χ0) is 15.4. The molecule has 1 heterocycles. The number of primary amides is 1. The van der Waals surface area contributed by atoms with Gasteiger partial charge in [0.15, 0.2) is 0 Å². The van der Waals surface area contributed by atoms with Crippen molar-refractivity contribution in [3.63, 3.8) is 0 Å². The summed E-state index contributed by atoms with van der Waals surface area (Å²) >= 11 is 0. The zero-order valence-electron chi connectivity index (χ0n) is 11.4. The standard InChI is InChI=1S/C14H17N3O4/c15-13(20)11-7-4-8-16(11)14(21)17(9-12(18)19)10-5-2-1-3-6-10/h1-3,5-6,11H,4,7-9H2,(H2,15,20)(H,18,19). The molecule has 0 aromatic heterocycles. The van der Waals surface area contributed by atoms with Crippen LogP contribution < -0.4 is 10.6 Å². The molecule has 2 rings (SSSR count). The Kier molecular flexibility index (Phi) is 4.42. The van der Waals surface area contributed by atoms with Gasteiger partial charge in [0, 0.05) is 12.2 Å². The average molecular weight is 291 g/mol. The summed E-state index contributed by atoms with van der Waals surface area (Å²) in [6.07, 6.45) is 1.19. The largest absolute Gasteiger partial charge is 0.480 e. The highest BCUT2D eigenvalue weighted by Gasteiger charge is 2.36. The molecule has 7 heteroatoms. The van der Waals surface area contributed by atoms with Crippen LogP contribution in [0.1, 0.15) is 12.8 Å². The van der Waals surface area contributed by atoms with Crippen LogP contribution in [0.3, 0.4) is 0 Å². The Labute approximate surface area is 121 Å². The number of anilines is 1. The highest BCUT2D eigenvalue weighted by molar-refractivity contribution is 5.98. The van der Waals surface area contributed by atoms with Crippen LogP contribution in [-0.4, -0.2) is 47.0 Å². The molecule has 3 N–H and O–H groups in total. The number of likely N-dealkylation sites (tertiary alicyclic amines) is 1. The van der Waals surface area contributed by atoms with E-state index in [9.17, 15) is 14.4 Å². The minimum Gasteiger partial charge on any atom is -0.480 e. The molecule has 1 unspecified atom stereocenters. The fourth-order valence-electron chi connectivity index (χ4n) is 2.46. The van der Waals surface area contributed by atoms with E-state index in [-0.39, 0.29) is 0 Å². The van der Waals surface area contributed by atoms with Gasteiger partial charge in [0.25, 0.3) is 0 Å². The lowest BCUT2D eigenvalue weighted by molar-refractivity contribution is -0.135. The first-order valence-electron chi connectivity index (χ1n) is 6.65. The predicted molar refractivity (Wildman–Crippen MR) is 75.7 cm³/mol. The normalized spacial score (nSPS) is 17.5. The van der Waals surface area contributed by atoms with Crippen LogP contribution in [0.5, 0.6) is 0 Å². The molecule has 0 bridgehead atoms. The molecule has 1 atom stereocenters. The first-order chi connectivity index (χ1) is 10.0. The quantitative estimate of drug-likeness (QED) is 0.849. The van der Waals surface area contributed by atoms with Crippen molar-refractivity contribution in [2.75, 3.05) is 18.0 Å². The van der Waals surface area contributed by atoms with Crippen LogP contribution in [0.25, 0.3) is 0 Å². The Balaban J connectivity index is 2.26. The molecule has 21 heavy (non-hydrogen) atoms. The van der Waals surface area contributed by atoms with Crippen LogP contribution in [0.4, 0.5) is 10.5 Å². The van der Waals surface area contributed by atoms with Gasteiger partial charge in [-0.2, -0.15) is 0 Å². The van der Waals surface area contributed by atoms with Gasteiger partial charge < -0.3 is 15.7 Å². The number of benzene rings is 1. The molecule has 7 nitrogen and oxygen atoms in total. The topological polar surface area (TPSA) is 104 Å². The van der Waals surface area contributed by atoms with Gasteiger partial charge in [0.1, 0.15) is 12.6 Å². The van der Waals surface area contributed by atoms with Gasteiger partial charge in [-0.1, -0.05) is 18.2 Å². The number of carboxylic acids is 1. The molecule has 1 aliphatic rings. The van der Waals surface area contributed by atoms with Crippen molar-refractivity contribution in [2.45, 2.75) is 18.9 Å². The summed E-state index contributed by atoms with van der Waals surface area (Å²) in [6, 6.07) is 7.32. The zero-order valence-corrected chi connectivity index (χ0v) is 11.4. The van der Waals surface area contributed by atoms with Crippen molar-refractivity contribution in [1.29, 1.82) is 0 Å². The summed E-state index contributed by atoms with van der Waals surface area (Å²) in [5.74, 6) is -1.69. The van der Waals surface area contributed by atoms with E-state index < -0.39 is 30.5 Å². The fraction of sp³-hybridized carbons (Fsp3) is 0.357. The number of nitrogens with zero attached hydrogens (tertiary/aromatic N) is 2. The van der Waals surface area contributed by atoms with Gasteiger partial charge in [-0.25, -0.2) is 4.79 Å². The Bertz CT molecular complexity index is 546. The number of hydrogen-bond donors (Lipinski definition) is 2. The summed E-state index contributed by atoms with van der Waals surface area (Å²) in [6.45, 7) is -0.0692. The summed E-state index contributed by atoms with van der Waals surface area (Å²) < 4.78 is 0. The van der Waals surface area contributed by atoms with Crippen molar-refractivity contribution in [3.8, 4) is 0 Å². The number of rotatable bonds is 4. The second-order valence-corrected chi connectivity index (χ2v) is 4.85. The molecule has 0 spiro atoms.